The summed E-state index contributed by atoms with van der Waals surface area (Å²) in [5, 5.41) is 8.28. The van der Waals surface area contributed by atoms with Crippen LogP contribution >= 0.6 is 0 Å². The largest absolute Gasteiger partial charge is 0.310 e. The van der Waals surface area contributed by atoms with Gasteiger partial charge >= 0.3 is 0 Å². The summed E-state index contributed by atoms with van der Waals surface area (Å²) in [7, 11) is 0. The highest BCUT2D eigenvalue weighted by atomic mass is 15.3. The van der Waals surface area contributed by atoms with Gasteiger partial charge in [0.05, 0.1) is 17.6 Å². The minimum absolute atomic E-state index is 0.462. The molecule has 3 heteroatoms. The Labute approximate surface area is 127 Å². The number of rotatable bonds is 5. The summed E-state index contributed by atoms with van der Waals surface area (Å²) in [6.45, 7) is 9.73. The zero-order chi connectivity index (χ0) is 15.0. The van der Waals surface area contributed by atoms with Crippen molar-refractivity contribution in [2.24, 2.45) is 0 Å². The molecule has 21 heavy (non-hydrogen) atoms. The van der Waals surface area contributed by atoms with Gasteiger partial charge in [0.1, 0.15) is 0 Å². The van der Waals surface area contributed by atoms with Crippen LogP contribution in [-0.2, 0) is 6.54 Å². The first-order valence-electron chi connectivity index (χ1n) is 7.94. The van der Waals surface area contributed by atoms with Gasteiger partial charge in [-0.05, 0) is 44.2 Å². The standard InChI is InChI=1S/C18H25N3/c1-12(2)18-15(10-19-16-6-7-16)11-20-21(18)17-8-5-13(3)9-14(17)4/h5,8-9,11-12,16,19H,6-7,10H2,1-4H3. The van der Waals surface area contributed by atoms with Crippen molar-refractivity contribution in [3.63, 3.8) is 0 Å². The van der Waals surface area contributed by atoms with Gasteiger partial charge in [-0.2, -0.15) is 5.10 Å². The van der Waals surface area contributed by atoms with Crippen molar-refractivity contribution in [3.8, 4) is 5.69 Å². The number of benzene rings is 1. The van der Waals surface area contributed by atoms with Crippen LogP contribution in [0.1, 0.15) is 55.0 Å². The fourth-order valence-electron chi connectivity index (χ4n) is 2.92. The lowest BCUT2D eigenvalue weighted by Gasteiger charge is -2.15. The Morgan fingerprint density at radius 1 is 1.29 bits per heavy atom. The average molecular weight is 283 g/mol. The molecule has 1 heterocycles. The van der Waals surface area contributed by atoms with E-state index < -0.39 is 0 Å². The van der Waals surface area contributed by atoms with Gasteiger partial charge in [0.25, 0.3) is 0 Å². The van der Waals surface area contributed by atoms with E-state index in [1.165, 1.54) is 40.9 Å². The summed E-state index contributed by atoms with van der Waals surface area (Å²) >= 11 is 0. The second-order valence-corrected chi connectivity index (χ2v) is 6.57. The lowest BCUT2D eigenvalue weighted by Crippen LogP contribution is -2.17. The topological polar surface area (TPSA) is 29.9 Å². The molecule has 0 saturated heterocycles. The van der Waals surface area contributed by atoms with Crippen LogP contribution in [0.4, 0.5) is 0 Å². The molecule has 1 aliphatic carbocycles. The molecule has 0 amide bonds. The molecule has 1 N–H and O–H groups in total. The van der Waals surface area contributed by atoms with E-state index in [9.17, 15) is 0 Å². The highest BCUT2D eigenvalue weighted by molar-refractivity contribution is 5.44. The van der Waals surface area contributed by atoms with Gasteiger partial charge in [-0.3, -0.25) is 0 Å². The quantitative estimate of drug-likeness (QED) is 0.903. The maximum absolute atomic E-state index is 4.67. The summed E-state index contributed by atoms with van der Waals surface area (Å²) in [4.78, 5) is 0. The van der Waals surface area contributed by atoms with E-state index in [1.807, 2.05) is 6.20 Å². The summed E-state index contributed by atoms with van der Waals surface area (Å²) < 4.78 is 2.13. The van der Waals surface area contributed by atoms with Crippen molar-refractivity contribution in [1.29, 1.82) is 0 Å². The number of nitrogens with zero attached hydrogens (tertiary/aromatic N) is 2. The Balaban J connectivity index is 1.96. The lowest BCUT2D eigenvalue weighted by molar-refractivity contribution is 0.665. The van der Waals surface area contributed by atoms with Gasteiger partial charge in [0.2, 0.25) is 0 Å². The average Bonchev–Trinajstić information content (AvgIpc) is 3.15. The molecular weight excluding hydrogens is 258 g/mol. The zero-order valence-electron chi connectivity index (χ0n) is 13.5. The van der Waals surface area contributed by atoms with Crippen LogP contribution in [-0.4, -0.2) is 15.8 Å². The van der Waals surface area contributed by atoms with E-state index in [-0.39, 0.29) is 0 Å². The minimum atomic E-state index is 0.462. The fourth-order valence-corrected chi connectivity index (χ4v) is 2.92. The van der Waals surface area contributed by atoms with Gasteiger partial charge in [-0.15, -0.1) is 0 Å². The van der Waals surface area contributed by atoms with Gasteiger partial charge < -0.3 is 5.32 Å². The van der Waals surface area contributed by atoms with Gasteiger partial charge in [-0.25, -0.2) is 4.68 Å². The number of hydrogen-bond donors (Lipinski definition) is 1. The van der Waals surface area contributed by atoms with E-state index in [4.69, 9.17) is 0 Å². The SMILES string of the molecule is Cc1ccc(-n2ncc(CNC3CC3)c2C(C)C)c(C)c1. The van der Waals surface area contributed by atoms with Crippen LogP contribution in [0.3, 0.4) is 0 Å². The first kappa shape index (κ1) is 14.3. The molecule has 0 atom stereocenters. The normalized spacial score (nSPS) is 14.9. The molecular formula is C18H25N3. The summed E-state index contributed by atoms with van der Waals surface area (Å²) in [6, 6.07) is 7.30. The van der Waals surface area contributed by atoms with E-state index in [0.717, 1.165) is 12.6 Å². The van der Waals surface area contributed by atoms with Crippen LogP contribution in [0, 0.1) is 13.8 Å². The third-order valence-electron chi connectivity index (χ3n) is 4.17. The molecule has 1 saturated carbocycles. The van der Waals surface area contributed by atoms with Crippen LogP contribution in [0.15, 0.2) is 24.4 Å². The van der Waals surface area contributed by atoms with Crippen molar-refractivity contribution in [3.05, 3.63) is 46.8 Å². The van der Waals surface area contributed by atoms with Crippen LogP contribution < -0.4 is 5.32 Å². The molecule has 1 aromatic carbocycles. The molecule has 1 aliphatic rings. The van der Waals surface area contributed by atoms with Crippen molar-refractivity contribution < 1.29 is 0 Å². The first-order chi connectivity index (χ1) is 10.1. The van der Waals surface area contributed by atoms with E-state index in [1.54, 1.807) is 0 Å². The predicted molar refractivity (Wildman–Crippen MR) is 87.0 cm³/mol. The maximum atomic E-state index is 4.67. The van der Waals surface area contributed by atoms with Crippen LogP contribution in [0.2, 0.25) is 0 Å². The lowest BCUT2D eigenvalue weighted by atomic mass is 10.0. The summed E-state index contributed by atoms with van der Waals surface area (Å²) in [5.41, 5.74) is 6.43. The molecule has 0 bridgehead atoms. The van der Waals surface area contributed by atoms with Gasteiger partial charge in [0, 0.05) is 18.2 Å². The molecule has 2 aromatic rings. The van der Waals surface area contributed by atoms with E-state index >= 15 is 0 Å². The summed E-state index contributed by atoms with van der Waals surface area (Å²) in [6.07, 6.45) is 4.68. The second-order valence-electron chi connectivity index (χ2n) is 6.57. The second kappa shape index (κ2) is 5.64. The Morgan fingerprint density at radius 3 is 2.67 bits per heavy atom. The molecule has 0 aliphatic heterocycles. The Kier molecular flexibility index (Phi) is 3.85. The molecule has 0 spiro atoms. The third-order valence-corrected chi connectivity index (χ3v) is 4.17. The molecule has 1 aromatic heterocycles. The molecule has 1 fully saturated rings. The van der Waals surface area contributed by atoms with Crippen LogP contribution in [0.5, 0.6) is 0 Å². The van der Waals surface area contributed by atoms with Crippen molar-refractivity contribution >= 4 is 0 Å². The highest BCUT2D eigenvalue weighted by Crippen LogP contribution is 2.26. The number of hydrogen-bond acceptors (Lipinski definition) is 2. The number of aryl methyl sites for hydroxylation is 2. The van der Waals surface area contributed by atoms with Gasteiger partial charge in [-0.1, -0.05) is 31.5 Å². The Morgan fingerprint density at radius 2 is 2.05 bits per heavy atom. The predicted octanol–water partition coefficient (Wildman–Crippen LogP) is 3.86. The van der Waals surface area contributed by atoms with E-state index in [0.29, 0.717) is 5.92 Å². The Bertz CT molecular complexity index is 636. The zero-order valence-corrected chi connectivity index (χ0v) is 13.5. The monoisotopic (exact) mass is 283 g/mol. The maximum Gasteiger partial charge on any atom is 0.0678 e. The highest BCUT2D eigenvalue weighted by Gasteiger charge is 2.22. The van der Waals surface area contributed by atoms with Gasteiger partial charge in [0.15, 0.2) is 0 Å². The number of aromatic nitrogens is 2. The Hall–Kier alpha value is -1.61. The first-order valence-corrected chi connectivity index (χ1v) is 7.94. The third kappa shape index (κ3) is 3.03. The van der Waals surface area contributed by atoms with E-state index in [2.05, 4.69) is 61.0 Å². The summed E-state index contributed by atoms with van der Waals surface area (Å²) in [5.74, 6) is 0.462. The fraction of sp³-hybridized carbons (Fsp3) is 0.500. The van der Waals surface area contributed by atoms with Crippen molar-refractivity contribution in [1.82, 2.24) is 15.1 Å². The molecule has 3 rings (SSSR count). The van der Waals surface area contributed by atoms with Crippen LogP contribution in [0.25, 0.3) is 5.69 Å². The minimum Gasteiger partial charge on any atom is -0.310 e. The molecule has 112 valence electrons. The van der Waals surface area contributed by atoms with Crippen molar-refractivity contribution in [2.75, 3.05) is 0 Å². The molecule has 0 radical (unpaired) electrons. The molecule has 3 nitrogen and oxygen atoms in total. The smallest absolute Gasteiger partial charge is 0.0678 e. The molecule has 0 unspecified atom stereocenters. The van der Waals surface area contributed by atoms with Crippen molar-refractivity contribution in [2.45, 2.75) is 59.0 Å². The number of nitrogens with one attached hydrogen (secondary N) is 1.